The SMILES string of the molecule is CNCC(Cc1cccc(F)c1)Cc1cccc(F)c1F. The van der Waals surface area contributed by atoms with Gasteiger partial charge in [-0.1, -0.05) is 24.3 Å². The van der Waals surface area contributed by atoms with Crippen molar-refractivity contribution in [2.45, 2.75) is 12.8 Å². The van der Waals surface area contributed by atoms with Gasteiger partial charge in [0.05, 0.1) is 0 Å². The van der Waals surface area contributed by atoms with E-state index in [9.17, 15) is 13.2 Å². The fraction of sp³-hybridized carbons (Fsp3) is 0.294. The van der Waals surface area contributed by atoms with E-state index in [0.717, 1.165) is 11.6 Å². The minimum Gasteiger partial charge on any atom is -0.319 e. The van der Waals surface area contributed by atoms with E-state index in [0.29, 0.717) is 24.9 Å². The first-order chi connectivity index (χ1) is 10.1. The van der Waals surface area contributed by atoms with E-state index in [-0.39, 0.29) is 11.7 Å². The first-order valence-corrected chi connectivity index (χ1v) is 6.92. The van der Waals surface area contributed by atoms with Gasteiger partial charge in [0.2, 0.25) is 0 Å². The smallest absolute Gasteiger partial charge is 0.162 e. The van der Waals surface area contributed by atoms with Gasteiger partial charge in [0, 0.05) is 0 Å². The molecule has 1 N–H and O–H groups in total. The molecule has 0 aliphatic heterocycles. The zero-order valence-electron chi connectivity index (χ0n) is 11.9. The summed E-state index contributed by atoms with van der Waals surface area (Å²) < 4.78 is 40.2. The quantitative estimate of drug-likeness (QED) is 0.856. The second-order valence-corrected chi connectivity index (χ2v) is 5.17. The predicted molar refractivity (Wildman–Crippen MR) is 77.6 cm³/mol. The van der Waals surface area contributed by atoms with Gasteiger partial charge in [-0.2, -0.15) is 0 Å². The standard InChI is InChI=1S/C17H18F3N/c1-21-11-13(8-12-4-2-6-15(18)10-12)9-14-5-3-7-16(19)17(14)20/h2-7,10,13,21H,8-9,11H2,1H3. The summed E-state index contributed by atoms with van der Waals surface area (Å²) in [5.41, 5.74) is 1.21. The van der Waals surface area contributed by atoms with Crippen LogP contribution < -0.4 is 5.32 Å². The van der Waals surface area contributed by atoms with Gasteiger partial charge in [-0.05, 0) is 61.7 Å². The summed E-state index contributed by atoms with van der Waals surface area (Å²) in [6.45, 7) is 0.645. The minimum absolute atomic E-state index is 0.0631. The average Bonchev–Trinajstić information content (AvgIpc) is 2.44. The van der Waals surface area contributed by atoms with E-state index in [1.54, 1.807) is 19.2 Å². The first kappa shape index (κ1) is 15.6. The van der Waals surface area contributed by atoms with Crippen LogP contribution >= 0.6 is 0 Å². The molecular formula is C17H18F3N. The molecule has 1 unspecified atom stereocenters. The molecule has 0 spiro atoms. The summed E-state index contributed by atoms with van der Waals surface area (Å²) in [6.07, 6.45) is 1.01. The molecule has 0 aliphatic rings. The zero-order valence-corrected chi connectivity index (χ0v) is 11.9. The van der Waals surface area contributed by atoms with Gasteiger partial charge in [0.15, 0.2) is 11.6 Å². The van der Waals surface area contributed by atoms with Gasteiger partial charge in [-0.3, -0.25) is 0 Å². The van der Waals surface area contributed by atoms with Crippen LogP contribution in [-0.2, 0) is 12.8 Å². The molecule has 112 valence electrons. The number of rotatable bonds is 6. The van der Waals surface area contributed by atoms with Crippen LogP contribution in [0.5, 0.6) is 0 Å². The van der Waals surface area contributed by atoms with Crippen molar-refractivity contribution < 1.29 is 13.2 Å². The summed E-state index contributed by atoms with van der Waals surface area (Å²) in [7, 11) is 1.81. The van der Waals surface area contributed by atoms with E-state index in [1.165, 1.54) is 18.2 Å². The molecule has 0 bridgehead atoms. The highest BCUT2D eigenvalue weighted by Gasteiger charge is 2.15. The van der Waals surface area contributed by atoms with E-state index < -0.39 is 11.6 Å². The van der Waals surface area contributed by atoms with E-state index in [4.69, 9.17) is 0 Å². The van der Waals surface area contributed by atoms with Crippen LogP contribution in [0.2, 0.25) is 0 Å². The Hall–Kier alpha value is -1.81. The lowest BCUT2D eigenvalue weighted by atomic mass is 9.92. The average molecular weight is 293 g/mol. The Kier molecular flexibility index (Phi) is 5.39. The maximum Gasteiger partial charge on any atom is 0.162 e. The zero-order chi connectivity index (χ0) is 15.2. The number of halogens is 3. The molecule has 2 rings (SSSR count). The van der Waals surface area contributed by atoms with E-state index in [1.807, 2.05) is 6.07 Å². The monoisotopic (exact) mass is 293 g/mol. The minimum atomic E-state index is -0.832. The fourth-order valence-electron chi connectivity index (χ4n) is 2.52. The normalized spacial score (nSPS) is 12.4. The molecule has 1 nitrogen and oxygen atoms in total. The Bertz CT molecular complexity index is 598. The molecule has 2 aromatic rings. The van der Waals surface area contributed by atoms with Gasteiger partial charge in [-0.15, -0.1) is 0 Å². The summed E-state index contributed by atoms with van der Waals surface area (Å²) >= 11 is 0. The number of benzene rings is 2. The fourth-order valence-corrected chi connectivity index (χ4v) is 2.52. The third-order valence-corrected chi connectivity index (χ3v) is 3.45. The molecular weight excluding hydrogens is 275 g/mol. The van der Waals surface area contributed by atoms with Crippen molar-refractivity contribution in [2.75, 3.05) is 13.6 Å². The summed E-state index contributed by atoms with van der Waals surface area (Å²) in [4.78, 5) is 0. The molecule has 0 aromatic heterocycles. The van der Waals surface area contributed by atoms with Crippen LogP contribution in [0.15, 0.2) is 42.5 Å². The molecule has 2 aromatic carbocycles. The van der Waals surface area contributed by atoms with Crippen LogP contribution in [0, 0.1) is 23.4 Å². The lowest BCUT2D eigenvalue weighted by Crippen LogP contribution is -2.23. The van der Waals surface area contributed by atoms with Crippen molar-refractivity contribution in [1.29, 1.82) is 0 Å². The van der Waals surface area contributed by atoms with Gasteiger partial charge in [0.25, 0.3) is 0 Å². The van der Waals surface area contributed by atoms with Crippen LogP contribution in [0.1, 0.15) is 11.1 Å². The third-order valence-electron chi connectivity index (χ3n) is 3.45. The molecule has 0 amide bonds. The van der Waals surface area contributed by atoms with Crippen molar-refractivity contribution in [3.8, 4) is 0 Å². The highest BCUT2D eigenvalue weighted by molar-refractivity contribution is 5.21. The number of nitrogens with one attached hydrogen (secondary N) is 1. The maximum absolute atomic E-state index is 13.7. The molecule has 0 fully saturated rings. The van der Waals surface area contributed by atoms with Gasteiger partial charge >= 0.3 is 0 Å². The predicted octanol–water partition coefficient (Wildman–Crippen LogP) is 3.72. The van der Waals surface area contributed by atoms with Gasteiger partial charge in [0.1, 0.15) is 5.82 Å². The van der Waals surface area contributed by atoms with Crippen molar-refractivity contribution in [2.24, 2.45) is 5.92 Å². The maximum atomic E-state index is 13.7. The second-order valence-electron chi connectivity index (χ2n) is 5.17. The molecule has 1 atom stereocenters. The van der Waals surface area contributed by atoms with E-state index >= 15 is 0 Å². The number of hydrogen-bond donors (Lipinski definition) is 1. The third kappa shape index (κ3) is 4.33. The molecule has 0 aliphatic carbocycles. The van der Waals surface area contributed by atoms with Gasteiger partial charge < -0.3 is 5.32 Å². The Morgan fingerprint density at radius 1 is 1.00 bits per heavy atom. The summed E-state index contributed by atoms with van der Waals surface area (Å²) in [5.74, 6) is -1.85. The lowest BCUT2D eigenvalue weighted by Gasteiger charge is -2.17. The first-order valence-electron chi connectivity index (χ1n) is 6.92. The van der Waals surface area contributed by atoms with Crippen molar-refractivity contribution in [1.82, 2.24) is 5.32 Å². The topological polar surface area (TPSA) is 12.0 Å². The van der Waals surface area contributed by atoms with Gasteiger partial charge in [-0.25, -0.2) is 13.2 Å². The van der Waals surface area contributed by atoms with Crippen molar-refractivity contribution in [3.05, 3.63) is 71.0 Å². The molecule has 0 heterocycles. The lowest BCUT2D eigenvalue weighted by molar-refractivity contribution is 0.458. The van der Waals surface area contributed by atoms with Crippen LogP contribution in [0.3, 0.4) is 0 Å². The Morgan fingerprint density at radius 3 is 2.48 bits per heavy atom. The highest BCUT2D eigenvalue weighted by Crippen LogP contribution is 2.19. The molecule has 0 saturated heterocycles. The second kappa shape index (κ2) is 7.27. The summed E-state index contributed by atoms with van der Waals surface area (Å²) in [5, 5.41) is 3.05. The Labute approximate surface area is 122 Å². The van der Waals surface area contributed by atoms with Crippen LogP contribution in [0.4, 0.5) is 13.2 Å². The molecule has 21 heavy (non-hydrogen) atoms. The Balaban J connectivity index is 2.13. The Morgan fingerprint density at radius 2 is 1.76 bits per heavy atom. The van der Waals surface area contributed by atoms with Crippen LogP contribution in [-0.4, -0.2) is 13.6 Å². The molecule has 0 radical (unpaired) electrons. The summed E-state index contributed by atoms with van der Waals surface area (Å²) in [6, 6.07) is 10.6. The largest absolute Gasteiger partial charge is 0.319 e. The van der Waals surface area contributed by atoms with E-state index in [2.05, 4.69) is 5.32 Å². The van der Waals surface area contributed by atoms with Crippen molar-refractivity contribution >= 4 is 0 Å². The van der Waals surface area contributed by atoms with Crippen LogP contribution in [0.25, 0.3) is 0 Å². The molecule has 0 saturated carbocycles. The highest BCUT2D eigenvalue weighted by atomic mass is 19.2. The van der Waals surface area contributed by atoms with Crippen molar-refractivity contribution in [3.63, 3.8) is 0 Å². The molecule has 4 heteroatoms. The number of hydrogen-bond acceptors (Lipinski definition) is 1.